The number of rotatable bonds is 6. The molecule has 0 spiro atoms. The number of benzene rings is 2. The standard InChI is InChI=1S/C21H21FN4O2S/c1-25(2)29-19-9-5-7-16(13-19)26(3)21(27)24-20-14-18(10-11-23-20)28-17-8-4-6-15(22)12-17/h4-14H,1-3H3,(H,23,24,27). The Morgan fingerprint density at radius 3 is 2.55 bits per heavy atom. The quantitative estimate of drug-likeness (QED) is 0.561. The third kappa shape index (κ3) is 5.94. The monoisotopic (exact) mass is 412 g/mol. The fourth-order valence-electron chi connectivity index (χ4n) is 2.48. The number of nitrogens with one attached hydrogen (secondary N) is 1. The molecule has 3 aromatic rings. The number of pyridine rings is 1. The molecule has 1 N–H and O–H groups in total. The maximum absolute atomic E-state index is 13.3. The van der Waals surface area contributed by atoms with Crippen LogP contribution in [0.25, 0.3) is 0 Å². The molecule has 6 nitrogen and oxygen atoms in total. The molecule has 3 rings (SSSR count). The first kappa shape index (κ1) is 20.6. The van der Waals surface area contributed by atoms with Crippen LogP contribution in [0, 0.1) is 5.82 Å². The predicted octanol–water partition coefficient (Wildman–Crippen LogP) is 5.25. The Balaban J connectivity index is 1.69. The summed E-state index contributed by atoms with van der Waals surface area (Å²) in [4.78, 5) is 19.3. The average molecular weight is 412 g/mol. The fraction of sp³-hybridized carbons (Fsp3) is 0.143. The number of anilines is 2. The largest absolute Gasteiger partial charge is 0.457 e. The number of aromatic nitrogens is 1. The Kier molecular flexibility index (Phi) is 6.69. The van der Waals surface area contributed by atoms with Crippen molar-refractivity contribution in [3.8, 4) is 11.5 Å². The van der Waals surface area contributed by atoms with Gasteiger partial charge in [-0.2, -0.15) is 0 Å². The van der Waals surface area contributed by atoms with E-state index in [1.165, 1.54) is 23.2 Å². The number of ether oxygens (including phenoxy) is 1. The Morgan fingerprint density at radius 1 is 1.03 bits per heavy atom. The molecule has 29 heavy (non-hydrogen) atoms. The van der Waals surface area contributed by atoms with E-state index >= 15 is 0 Å². The summed E-state index contributed by atoms with van der Waals surface area (Å²) in [5.74, 6) is 0.740. The van der Waals surface area contributed by atoms with Gasteiger partial charge in [0, 0.05) is 36.0 Å². The molecule has 0 bridgehead atoms. The molecule has 0 saturated heterocycles. The zero-order valence-electron chi connectivity index (χ0n) is 16.3. The summed E-state index contributed by atoms with van der Waals surface area (Å²) >= 11 is 1.57. The normalized spacial score (nSPS) is 10.7. The van der Waals surface area contributed by atoms with E-state index in [1.807, 2.05) is 42.7 Å². The van der Waals surface area contributed by atoms with Gasteiger partial charge in [0.1, 0.15) is 23.1 Å². The molecule has 150 valence electrons. The first-order chi connectivity index (χ1) is 13.9. The minimum Gasteiger partial charge on any atom is -0.457 e. The van der Waals surface area contributed by atoms with E-state index < -0.39 is 0 Å². The first-order valence-corrected chi connectivity index (χ1v) is 9.57. The second-order valence-electron chi connectivity index (χ2n) is 6.33. The number of carbonyl (C=O) groups excluding carboxylic acids is 1. The van der Waals surface area contributed by atoms with E-state index in [4.69, 9.17) is 4.74 Å². The highest BCUT2D eigenvalue weighted by Gasteiger charge is 2.13. The first-order valence-electron chi connectivity index (χ1n) is 8.80. The van der Waals surface area contributed by atoms with Crippen molar-refractivity contribution in [1.82, 2.24) is 9.29 Å². The highest BCUT2D eigenvalue weighted by Crippen LogP contribution is 2.26. The van der Waals surface area contributed by atoms with Crippen LogP contribution in [0.3, 0.4) is 0 Å². The van der Waals surface area contributed by atoms with Crippen molar-refractivity contribution in [3.05, 3.63) is 72.7 Å². The Hall–Kier alpha value is -3.10. The van der Waals surface area contributed by atoms with Crippen molar-refractivity contribution >= 4 is 29.5 Å². The lowest BCUT2D eigenvalue weighted by molar-refractivity contribution is 0.258. The molecule has 0 aliphatic carbocycles. The highest BCUT2D eigenvalue weighted by molar-refractivity contribution is 7.97. The minimum absolute atomic E-state index is 0.328. The van der Waals surface area contributed by atoms with Crippen LogP contribution in [-0.4, -0.2) is 36.5 Å². The lowest BCUT2D eigenvalue weighted by Gasteiger charge is -2.19. The second kappa shape index (κ2) is 9.40. The topological polar surface area (TPSA) is 57.7 Å². The van der Waals surface area contributed by atoms with E-state index in [9.17, 15) is 9.18 Å². The molecule has 1 heterocycles. The molecule has 2 aromatic carbocycles. The molecule has 0 unspecified atom stereocenters. The van der Waals surface area contributed by atoms with Crippen LogP contribution in [-0.2, 0) is 0 Å². The summed E-state index contributed by atoms with van der Waals surface area (Å²) in [6.07, 6.45) is 1.51. The van der Waals surface area contributed by atoms with E-state index in [0.29, 0.717) is 17.3 Å². The van der Waals surface area contributed by atoms with Gasteiger partial charge in [-0.25, -0.2) is 14.2 Å². The Morgan fingerprint density at radius 2 is 1.79 bits per heavy atom. The smallest absolute Gasteiger partial charge is 0.327 e. The van der Waals surface area contributed by atoms with Crippen LogP contribution < -0.4 is 15.0 Å². The van der Waals surface area contributed by atoms with Crippen molar-refractivity contribution in [2.75, 3.05) is 31.4 Å². The summed E-state index contributed by atoms with van der Waals surface area (Å²) in [5.41, 5.74) is 0.751. The predicted molar refractivity (Wildman–Crippen MR) is 114 cm³/mol. The Labute approximate surface area is 173 Å². The summed E-state index contributed by atoms with van der Waals surface area (Å²) in [6, 6.07) is 16.4. The molecule has 0 radical (unpaired) electrons. The van der Waals surface area contributed by atoms with Crippen LogP contribution in [0.2, 0.25) is 0 Å². The highest BCUT2D eigenvalue weighted by atomic mass is 32.2. The third-order valence-corrected chi connectivity index (χ3v) is 4.63. The zero-order chi connectivity index (χ0) is 20.8. The van der Waals surface area contributed by atoms with Gasteiger partial charge in [-0.1, -0.05) is 12.1 Å². The van der Waals surface area contributed by atoms with Crippen molar-refractivity contribution < 1.29 is 13.9 Å². The van der Waals surface area contributed by atoms with Gasteiger partial charge in [-0.3, -0.25) is 14.5 Å². The van der Waals surface area contributed by atoms with Gasteiger partial charge >= 0.3 is 6.03 Å². The van der Waals surface area contributed by atoms with Gasteiger partial charge in [-0.15, -0.1) is 0 Å². The molecule has 2 amide bonds. The number of carbonyl (C=O) groups is 1. The maximum atomic E-state index is 13.3. The fourth-order valence-corrected chi connectivity index (χ4v) is 3.21. The molecule has 1 aromatic heterocycles. The van der Waals surface area contributed by atoms with Crippen LogP contribution in [0.15, 0.2) is 71.8 Å². The van der Waals surface area contributed by atoms with Crippen molar-refractivity contribution in [1.29, 1.82) is 0 Å². The SMILES string of the molecule is CN(C)Sc1cccc(N(C)C(=O)Nc2cc(Oc3cccc(F)c3)ccn2)c1. The van der Waals surface area contributed by atoms with Gasteiger partial charge < -0.3 is 4.74 Å². The molecule has 8 heteroatoms. The van der Waals surface area contributed by atoms with E-state index in [1.54, 1.807) is 43.3 Å². The molecular formula is C21H21FN4O2S. The summed E-state index contributed by atoms with van der Waals surface area (Å²) in [7, 11) is 5.60. The number of nitrogens with zero attached hydrogens (tertiary/aromatic N) is 3. The number of hydrogen-bond donors (Lipinski definition) is 1. The molecule has 0 atom stereocenters. The molecule has 0 fully saturated rings. The summed E-state index contributed by atoms with van der Waals surface area (Å²) < 4.78 is 20.9. The number of amides is 2. The number of halogens is 1. The number of hydrogen-bond acceptors (Lipinski definition) is 5. The van der Waals surface area contributed by atoms with Gasteiger partial charge in [0.15, 0.2) is 0 Å². The minimum atomic E-state index is -0.388. The Bertz CT molecular complexity index is 1000. The van der Waals surface area contributed by atoms with Crippen molar-refractivity contribution in [3.63, 3.8) is 0 Å². The van der Waals surface area contributed by atoms with Gasteiger partial charge in [0.25, 0.3) is 0 Å². The van der Waals surface area contributed by atoms with E-state index in [2.05, 4.69) is 10.3 Å². The van der Waals surface area contributed by atoms with E-state index in [0.717, 1.165) is 10.6 Å². The molecule has 0 aliphatic rings. The maximum Gasteiger partial charge on any atom is 0.327 e. The zero-order valence-corrected chi connectivity index (χ0v) is 17.1. The van der Waals surface area contributed by atoms with Crippen LogP contribution >= 0.6 is 11.9 Å². The van der Waals surface area contributed by atoms with Gasteiger partial charge in [0.2, 0.25) is 0 Å². The molecule has 0 saturated carbocycles. The van der Waals surface area contributed by atoms with Gasteiger partial charge in [-0.05, 0) is 62.4 Å². The summed E-state index contributed by atoms with van der Waals surface area (Å²) in [6.45, 7) is 0. The van der Waals surface area contributed by atoms with Crippen molar-refractivity contribution in [2.45, 2.75) is 4.90 Å². The molecular weight excluding hydrogens is 391 g/mol. The van der Waals surface area contributed by atoms with Crippen LogP contribution in [0.1, 0.15) is 0 Å². The van der Waals surface area contributed by atoms with Gasteiger partial charge in [0.05, 0.1) is 0 Å². The van der Waals surface area contributed by atoms with Crippen LogP contribution in [0.4, 0.5) is 20.7 Å². The average Bonchev–Trinajstić information content (AvgIpc) is 2.67. The third-order valence-electron chi connectivity index (χ3n) is 3.80. The lowest BCUT2D eigenvalue weighted by atomic mass is 10.3. The van der Waals surface area contributed by atoms with Crippen LogP contribution in [0.5, 0.6) is 11.5 Å². The summed E-state index contributed by atoms with van der Waals surface area (Å²) in [5, 5.41) is 2.74. The number of urea groups is 1. The second-order valence-corrected chi connectivity index (χ2v) is 7.71. The van der Waals surface area contributed by atoms with E-state index in [-0.39, 0.29) is 11.8 Å². The lowest BCUT2D eigenvalue weighted by Crippen LogP contribution is -2.31. The van der Waals surface area contributed by atoms with Crippen molar-refractivity contribution in [2.24, 2.45) is 0 Å². The molecule has 0 aliphatic heterocycles.